The Bertz CT molecular complexity index is 1260. The molecule has 2 aromatic heterocycles. The monoisotopic (exact) mass is 434 g/mol. The SMILES string of the molecule is CCOC(=O)c1c(-c2ccccc2)cn(-c2nc(-c3cccc([N+](=O)[O-])c3)cs2)c1N. The Morgan fingerprint density at radius 2 is 1.94 bits per heavy atom. The average molecular weight is 434 g/mol. The second-order valence-electron chi connectivity index (χ2n) is 6.58. The van der Waals surface area contributed by atoms with E-state index in [4.69, 9.17) is 10.5 Å². The molecule has 0 amide bonds. The molecule has 0 radical (unpaired) electrons. The molecule has 0 bridgehead atoms. The summed E-state index contributed by atoms with van der Waals surface area (Å²) in [5, 5.41) is 13.4. The number of thiazole rings is 1. The lowest BCUT2D eigenvalue weighted by atomic mass is 10.0. The predicted molar refractivity (Wildman–Crippen MR) is 119 cm³/mol. The molecule has 31 heavy (non-hydrogen) atoms. The highest BCUT2D eigenvalue weighted by Crippen LogP contribution is 2.35. The molecular weight excluding hydrogens is 416 g/mol. The molecule has 2 N–H and O–H groups in total. The van der Waals surface area contributed by atoms with Crippen LogP contribution in [0.15, 0.2) is 66.2 Å². The largest absolute Gasteiger partial charge is 0.462 e. The van der Waals surface area contributed by atoms with Crippen LogP contribution in [0.5, 0.6) is 0 Å². The van der Waals surface area contributed by atoms with Gasteiger partial charge in [-0.1, -0.05) is 42.5 Å². The summed E-state index contributed by atoms with van der Waals surface area (Å²) >= 11 is 1.32. The van der Waals surface area contributed by atoms with Gasteiger partial charge in [-0.15, -0.1) is 11.3 Å². The fourth-order valence-corrected chi connectivity index (χ4v) is 4.04. The van der Waals surface area contributed by atoms with E-state index in [9.17, 15) is 14.9 Å². The molecule has 0 aliphatic rings. The topological polar surface area (TPSA) is 113 Å². The van der Waals surface area contributed by atoms with Crippen LogP contribution in [0, 0.1) is 10.1 Å². The highest BCUT2D eigenvalue weighted by molar-refractivity contribution is 7.12. The minimum atomic E-state index is -0.506. The second-order valence-corrected chi connectivity index (χ2v) is 7.42. The molecule has 156 valence electrons. The summed E-state index contributed by atoms with van der Waals surface area (Å²) in [6.45, 7) is 1.96. The summed E-state index contributed by atoms with van der Waals surface area (Å²) in [7, 11) is 0. The first-order chi connectivity index (χ1) is 15.0. The van der Waals surface area contributed by atoms with Gasteiger partial charge in [-0.05, 0) is 12.5 Å². The van der Waals surface area contributed by atoms with Crippen molar-refractivity contribution in [3.63, 3.8) is 0 Å². The van der Waals surface area contributed by atoms with Gasteiger partial charge >= 0.3 is 5.97 Å². The van der Waals surface area contributed by atoms with E-state index >= 15 is 0 Å². The number of ether oxygens (including phenoxy) is 1. The zero-order valence-electron chi connectivity index (χ0n) is 16.5. The van der Waals surface area contributed by atoms with Gasteiger partial charge in [0.15, 0.2) is 5.13 Å². The van der Waals surface area contributed by atoms with Crippen LogP contribution in [0.1, 0.15) is 17.3 Å². The predicted octanol–water partition coefficient (Wildman–Crippen LogP) is 4.93. The van der Waals surface area contributed by atoms with Gasteiger partial charge in [0.25, 0.3) is 5.69 Å². The van der Waals surface area contributed by atoms with Crippen molar-refractivity contribution in [1.82, 2.24) is 9.55 Å². The molecule has 0 saturated heterocycles. The van der Waals surface area contributed by atoms with Crippen LogP contribution >= 0.6 is 11.3 Å². The second kappa shape index (κ2) is 8.41. The molecule has 0 aliphatic carbocycles. The van der Waals surface area contributed by atoms with Gasteiger partial charge in [-0.3, -0.25) is 14.7 Å². The molecule has 4 rings (SSSR count). The maximum Gasteiger partial charge on any atom is 0.342 e. The molecule has 0 aliphatic heterocycles. The number of aromatic nitrogens is 2. The van der Waals surface area contributed by atoms with E-state index < -0.39 is 10.9 Å². The van der Waals surface area contributed by atoms with Crippen molar-refractivity contribution in [3.8, 4) is 27.5 Å². The van der Waals surface area contributed by atoms with Crippen molar-refractivity contribution in [1.29, 1.82) is 0 Å². The lowest BCUT2D eigenvalue weighted by Gasteiger charge is -2.05. The van der Waals surface area contributed by atoms with Crippen molar-refractivity contribution in [3.05, 3.63) is 81.9 Å². The number of carbonyl (C=O) groups excluding carboxylic acids is 1. The number of esters is 1. The average Bonchev–Trinajstić information content (AvgIpc) is 3.39. The Kier molecular flexibility index (Phi) is 5.50. The van der Waals surface area contributed by atoms with Crippen LogP contribution in [0.4, 0.5) is 11.5 Å². The summed E-state index contributed by atoms with van der Waals surface area (Å²) in [6.07, 6.45) is 1.76. The number of benzene rings is 2. The van der Waals surface area contributed by atoms with E-state index in [1.807, 2.05) is 30.3 Å². The number of nitrogens with zero attached hydrogens (tertiary/aromatic N) is 3. The molecule has 8 nitrogen and oxygen atoms in total. The molecule has 0 fully saturated rings. The number of nitrogens with two attached hydrogens (primary N) is 1. The van der Waals surface area contributed by atoms with Crippen LogP contribution in [0.2, 0.25) is 0 Å². The highest BCUT2D eigenvalue weighted by atomic mass is 32.1. The molecule has 0 spiro atoms. The molecular formula is C22H18N4O4S. The number of anilines is 1. The van der Waals surface area contributed by atoms with E-state index in [1.165, 1.54) is 23.5 Å². The van der Waals surface area contributed by atoms with E-state index in [1.54, 1.807) is 35.2 Å². The van der Waals surface area contributed by atoms with Crippen molar-refractivity contribution in [2.24, 2.45) is 0 Å². The van der Waals surface area contributed by atoms with Gasteiger partial charge in [0, 0.05) is 34.8 Å². The van der Waals surface area contributed by atoms with Gasteiger partial charge < -0.3 is 10.5 Å². The summed E-state index contributed by atoms with van der Waals surface area (Å²) in [5.74, 6) is -0.287. The number of hydrogen-bond donors (Lipinski definition) is 1. The molecule has 4 aromatic rings. The van der Waals surface area contributed by atoms with Crippen molar-refractivity contribution < 1.29 is 14.5 Å². The van der Waals surface area contributed by atoms with Gasteiger partial charge in [-0.2, -0.15) is 0 Å². The summed E-state index contributed by atoms with van der Waals surface area (Å²) in [5.41, 5.74) is 9.29. The van der Waals surface area contributed by atoms with E-state index in [2.05, 4.69) is 4.98 Å². The maximum atomic E-state index is 12.6. The highest BCUT2D eigenvalue weighted by Gasteiger charge is 2.24. The normalized spacial score (nSPS) is 10.7. The third kappa shape index (κ3) is 3.90. The molecule has 2 aromatic carbocycles. The van der Waals surface area contributed by atoms with Crippen LogP contribution in [0.3, 0.4) is 0 Å². The number of non-ortho nitro benzene ring substituents is 1. The molecule has 0 atom stereocenters. The third-order valence-corrected chi connectivity index (χ3v) is 5.50. The Balaban J connectivity index is 1.80. The van der Waals surface area contributed by atoms with E-state index in [0.29, 0.717) is 22.0 Å². The summed E-state index contributed by atoms with van der Waals surface area (Å²) < 4.78 is 6.86. The molecule has 0 saturated carbocycles. The van der Waals surface area contributed by atoms with Crippen molar-refractivity contribution in [2.75, 3.05) is 12.3 Å². The molecule has 2 heterocycles. The van der Waals surface area contributed by atoms with Crippen molar-refractivity contribution >= 4 is 28.8 Å². The van der Waals surface area contributed by atoms with Gasteiger partial charge in [0.05, 0.1) is 17.2 Å². The fourth-order valence-electron chi connectivity index (χ4n) is 3.22. The Morgan fingerprint density at radius 3 is 2.65 bits per heavy atom. The van der Waals surface area contributed by atoms with Crippen LogP contribution in [0.25, 0.3) is 27.5 Å². The molecule has 9 heteroatoms. The standard InChI is InChI=1S/C22H18N4O4S/c1-2-30-21(27)19-17(14-7-4-3-5-8-14)12-25(20(19)23)22-24-18(13-31-22)15-9-6-10-16(11-15)26(28)29/h3-13H,2,23H2,1H3. The fraction of sp³-hybridized carbons (Fsp3) is 0.0909. The Labute approximate surface area is 181 Å². The number of nitro benzene ring substituents is 1. The number of carbonyl (C=O) groups is 1. The van der Waals surface area contributed by atoms with Gasteiger partial charge in [0.2, 0.25) is 0 Å². The van der Waals surface area contributed by atoms with E-state index in [-0.39, 0.29) is 23.7 Å². The number of rotatable bonds is 6. The zero-order valence-corrected chi connectivity index (χ0v) is 17.3. The minimum absolute atomic E-state index is 0.0107. The van der Waals surface area contributed by atoms with Gasteiger partial charge in [-0.25, -0.2) is 9.78 Å². The first-order valence-electron chi connectivity index (χ1n) is 9.43. The quantitative estimate of drug-likeness (QED) is 0.261. The number of nitro groups is 1. The smallest absolute Gasteiger partial charge is 0.342 e. The first-order valence-corrected chi connectivity index (χ1v) is 10.3. The van der Waals surface area contributed by atoms with Crippen LogP contribution in [-0.4, -0.2) is 27.1 Å². The Hall–Kier alpha value is -3.98. The maximum absolute atomic E-state index is 12.6. The van der Waals surface area contributed by atoms with E-state index in [0.717, 1.165) is 5.56 Å². The lowest BCUT2D eigenvalue weighted by molar-refractivity contribution is -0.384. The summed E-state index contributed by atoms with van der Waals surface area (Å²) in [6, 6.07) is 15.7. The van der Waals surface area contributed by atoms with Gasteiger partial charge in [0.1, 0.15) is 11.4 Å². The molecule has 0 unspecified atom stereocenters. The first kappa shape index (κ1) is 20.3. The van der Waals surface area contributed by atoms with Crippen molar-refractivity contribution in [2.45, 2.75) is 6.92 Å². The minimum Gasteiger partial charge on any atom is -0.462 e. The zero-order chi connectivity index (χ0) is 22.0. The number of nitrogen functional groups attached to an aromatic ring is 1. The number of hydrogen-bond acceptors (Lipinski definition) is 7. The third-order valence-electron chi connectivity index (χ3n) is 4.66. The van der Waals surface area contributed by atoms with Crippen LogP contribution in [-0.2, 0) is 4.74 Å². The summed E-state index contributed by atoms with van der Waals surface area (Å²) in [4.78, 5) is 27.9. The lowest BCUT2D eigenvalue weighted by Crippen LogP contribution is -2.09. The van der Waals surface area contributed by atoms with Crippen LogP contribution < -0.4 is 5.73 Å². The Morgan fingerprint density at radius 1 is 1.19 bits per heavy atom.